The number of carbonyl (C=O) groups is 1. The molecule has 0 aliphatic rings. The Kier molecular flexibility index (Phi) is 4.77. The van der Waals surface area contributed by atoms with Crippen molar-refractivity contribution >= 4 is 17.3 Å². The van der Waals surface area contributed by atoms with Crippen LogP contribution in [-0.4, -0.2) is 10.5 Å². The van der Waals surface area contributed by atoms with Gasteiger partial charge < -0.3 is 15.6 Å². The van der Waals surface area contributed by atoms with E-state index in [0.717, 1.165) is 6.42 Å². The molecule has 2 rings (SSSR count). The van der Waals surface area contributed by atoms with Crippen LogP contribution in [0.3, 0.4) is 0 Å². The van der Waals surface area contributed by atoms with Crippen molar-refractivity contribution < 1.29 is 4.79 Å². The Labute approximate surface area is 123 Å². The molecule has 1 aromatic carbocycles. The maximum atomic E-state index is 12.4. The Morgan fingerprint density at radius 3 is 2.57 bits per heavy atom. The fourth-order valence-corrected chi connectivity index (χ4v) is 2.16. The summed E-state index contributed by atoms with van der Waals surface area (Å²) < 4.78 is 1.47. The molecule has 2 aromatic rings. The predicted octanol–water partition coefficient (Wildman–Crippen LogP) is 2.41. The fraction of sp³-hybridized carbons (Fsp3) is 0.250. The van der Waals surface area contributed by atoms with Gasteiger partial charge in [0.25, 0.3) is 5.56 Å². The van der Waals surface area contributed by atoms with Gasteiger partial charge >= 0.3 is 0 Å². The average molecular weight is 285 g/mol. The Morgan fingerprint density at radius 1 is 1.24 bits per heavy atom. The first kappa shape index (κ1) is 14.8. The lowest BCUT2D eigenvalue weighted by atomic mass is 10.1. The predicted molar refractivity (Wildman–Crippen MR) is 84.1 cm³/mol. The zero-order valence-electron chi connectivity index (χ0n) is 12.0. The zero-order chi connectivity index (χ0) is 15.2. The zero-order valence-corrected chi connectivity index (χ0v) is 12.0. The molecule has 0 saturated heterocycles. The van der Waals surface area contributed by atoms with E-state index in [1.807, 2.05) is 6.92 Å². The highest BCUT2D eigenvalue weighted by atomic mass is 16.2. The first-order valence-corrected chi connectivity index (χ1v) is 6.95. The van der Waals surface area contributed by atoms with Crippen molar-refractivity contribution in [3.63, 3.8) is 0 Å². The van der Waals surface area contributed by atoms with E-state index in [1.54, 1.807) is 42.6 Å². The van der Waals surface area contributed by atoms with Gasteiger partial charge in [0.1, 0.15) is 6.04 Å². The molecule has 0 radical (unpaired) electrons. The number of nitrogens with two attached hydrogens (primary N) is 1. The highest BCUT2D eigenvalue weighted by molar-refractivity contribution is 5.93. The Bertz CT molecular complexity index is 662. The Hall–Kier alpha value is -2.56. The molecule has 3 N–H and O–H groups in total. The maximum Gasteiger partial charge on any atom is 0.251 e. The summed E-state index contributed by atoms with van der Waals surface area (Å²) in [6, 6.07) is 11.3. The van der Waals surface area contributed by atoms with Crippen molar-refractivity contribution in [1.29, 1.82) is 0 Å². The van der Waals surface area contributed by atoms with Crippen molar-refractivity contribution in [2.24, 2.45) is 0 Å². The molecule has 0 spiro atoms. The quantitative estimate of drug-likeness (QED) is 0.828. The third kappa shape index (κ3) is 3.72. The number of nitrogen functional groups attached to an aromatic ring is 1. The van der Waals surface area contributed by atoms with Crippen LogP contribution in [0.2, 0.25) is 0 Å². The molecule has 1 atom stereocenters. The van der Waals surface area contributed by atoms with E-state index in [4.69, 9.17) is 5.73 Å². The van der Waals surface area contributed by atoms with Gasteiger partial charge in [-0.3, -0.25) is 9.59 Å². The van der Waals surface area contributed by atoms with Crippen LogP contribution < -0.4 is 16.6 Å². The largest absolute Gasteiger partial charge is 0.399 e. The van der Waals surface area contributed by atoms with E-state index in [1.165, 1.54) is 10.6 Å². The smallest absolute Gasteiger partial charge is 0.251 e. The van der Waals surface area contributed by atoms with Gasteiger partial charge in [-0.15, -0.1) is 0 Å². The van der Waals surface area contributed by atoms with E-state index < -0.39 is 6.04 Å². The molecule has 0 aliphatic heterocycles. The van der Waals surface area contributed by atoms with E-state index in [2.05, 4.69) is 5.32 Å². The number of rotatable bonds is 5. The molecule has 1 aromatic heterocycles. The molecule has 0 fully saturated rings. The van der Waals surface area contributed by atoms with Crippen molar-refractivity contribution in [3.05, 3.63) is 59.0 Å². The van der Waals surface area contributed by atoms with Gasteiger partial charge in [-0.2, -0.15) is 0 Å². The van der Waals surface area contributed by atoms with Crippen LogP contribution in [0.5, 0.6) is 0 Å². The number of aromatic nitrogens is 1. The molecule has 0 saturated carbocycles. The van der Waals surface area contributed by atoms with Gasteiger partial charge in [-0.1, -0.05) is 19.4 Å². The second-order valence-corrected chi connectivity index (χ2v) is 4.86. The van der Waals surface area contributed by atoms with E-state index in [-0.39, 0.29) is 11.5 Å². The molecular weight excluding hydrogens is 266 g/mol. The third-order valence-corrected chi connectivity index (χ3v) is 3.23. The molecular formula is C16H19N3O2. The van der Waals surface area contributed by atoms with Gasteiger partial charge in [0.15, 0.2) is 0 Å². The molecule has 5 nitrogen and oxygen atoms in total. The minimum Gasteiger partial charge on any atom is -0.399 e. The summed E-state index contributed by atoms with van der Waals surface area (Å²) in [5.74, 6) is -0.199. The van der Waals surface area contributed by atoms with Crippen LogP contribution >= 0.6 is 0 Å². The minimum absolute atomic E-state index is 0.177. The number of hydrogen-bond donors (Lipinski definition) is 2. The Morgan fingerprint density at radius 2 is 1.95 bits per heavy atom. The summed E-state index contributed by atoms with van der Waals surface area (Å²) in [5, 5.41) is 2.83. The number of anilines is 2. The van der Waals surface area contributed by atoms with E-state index in [0.29, 0.717) is 17.8 Å². The SMILES string of the molecule is CCCC(C(=O)Nc1ccc(N)cc1)n1ccccc1=O. The lowest BCUT2D eigenvalue weighted by Crippen LogP contribution is -2.32. The number of pyridine rings is 1. The molecule has 1 heterocycles. The van der Waals surface area contributed by atoms with Crippen LogP contribution in [0.4, 0.5) is 11.4 Å². The summed E-state index contributed by atoms with van der Waals surface area (Å²) in [5.41, 5.74) is 6.74. The third-order valence-electron chi connectivity index (χ3n) is 3.23. The van der Waals surface area contributed by atoms with Crippen molar-refractivity contribution in [1.82, 2.24) is 4.57 Å². The first-order chi connectivity index (χ1) is 10.1. The van der Waals surface area contributed by atoms with Gasteiger partial charge in [0.2, 0.25) is 5.91 Å². The highest BCUT2D eigenvalue weighted by Gasteiger charge is 2.20. The van der Waals surface area contributed by atoms with Gasteiger partial charge in [-0.05, 0) is 36.8 Å². The molecule has 0 bridgehead atoms. The monoisotopic (exact) mass is 285 g/mol. The molecule has 1 amide bonds. The van der Waals surface area contributed by atoms with Crippen LogP contribution in [0, 0.1) is 0 Å². The lowest BCUT2D eigenvalue weighted by molar-refractivity contribution is -0.119. The second kappa shape index (κ2) is 6.74. The highest BCUT2D eigenvalue weighted by Crippen LogP contribution is 2.16. The normalized spacial score (nSPS) is 11.9. The number of amides is 1. The number of carbonyl (C=O) groups excluding carboxylic acids is 1. The summed E-state index contributed by atoms with van der Waals surface area (Å²) in [6.45, 7) is 1.98. The standard InChI is InChI=1S/C16H19N3O2/c1-2-5-14(19-11-4-3-6-15(19)20)16(21)18-13-9-7-12(17)8-10-13/h3-4,6-11,14H,2,5,17H2,1H3,(H,18,21). The summed E-state index contributed by atoms with van der Waals surface area (Å²) >= 11 is 0. The number of nitrogens with zero attached hydrogens (tertiary/aromatic N) is 1. The number of benzene rings is 1. The van der Waals surface area contributed by atoms with Crippen LogP contribution in [0.15, 0.2) is 53.5 Å². The van der Waals surface area contributed by atoms with Gasteiger partial charge in [0, 0.05) is 23.6 Å². The van der Waals surface area contributed by atoms with Gasteiger partial charge in [-0.25, -0.2) is 0 Å². The summed E-state index contributed by atoms with van der Waals surface area (Å²) in [6.07, 6.45) is 3.05. The molecule has 5 heteroatoms. The van der Waals surface area contributed by atoms with Crippen LogP contribution in [0.1, 0.15) is 25.8 Å². The minimum atomic E-state index is -0.513. The van der Waals surface area contributed by atoms with Crippen molar-refractivity contribution in [2.75, 3.05) is 11.1 Å². The number of hydrogen-bond acceptors (Lipinski definition) is 3. The van der Waals surface area contributed by atoms with Crippen molar-refractivity contribution in [2.45, 2.75) is 25.8 Å². The number of nitrogens with one attached hydrogen (secondary N) is 1. The van der Waals surface area contributed by atoms with Gasteiger partial charge in [0.05, 0.1) is 0 Å². The maximum absolute atomic E-state index is 12.4. The van der Waals surface area contributed by atoms with E-state index in [9.17, 15) is 9.59 Å². The topological polar surface area (TPSA) is 77.1 Å². The van der Waals surface area contributed by atoms with Crippen molar-refractivity contribution in [3.8, 4) is 0 Å². The average Bonchev–Trinajstić information content (AvgIpc) is 2.48. The summed E-state index contributed by atoms with van der Waals surface area (Å²) in [4.78, 5) is 24.3. The van der Waals surface area contributed by atoms with Crippen LogP contribution in [-0.2, 0) is 4.79 Å². The fourth-order valence-electron chi connectivity index (χ4n) is 2.16. The molecule has 1 unspecified atom stereocenters. The molecule has 21 heavy (non-hydrogen) atoms. The van der Waals surface area contributed by atoms with Crippen LogP contribution in [0.25, 0.3) is 0 Å². The first-order valence-electron chi connectivity index (χ1n) is 6.95. The molecule has 110 valence electrons. The van der Waals surface area contributed by atoms with E-state index >= 15 is 0 Å². The Balaban J connectivity index is 2.22. The lowest BCUT2D eigenvalue weighted by Gasteiger charge is -2.18. The second-order valence-electron chi connectivity index (χ2n) is 4.86. The summed E-state index contributed by atoms with van der Waals surface area (Å²) in [7, 11) is 0. The molecule has 0 aliphatic carbocycles.